The van der Waals surface area contributed by atoms with Crippen molar-refractivity contribution in [3.8, 4) is 0 Å². The Bertz CT molecular complexity index is 2300. The molecule has 2 saturated heterocycles. The predicted molar refractivity (Wildman–Crippen MR) is 222 cm³/mol. The molecular weight excluding hydrogens is 773 g/mol. The van der Waals surface area contributed by atoms with Crippen molar-refractivity contribution in [3.63, 3.8) is 0 Å². The SMILES string of the molecule is CN(C)C(=O)c1cc2cnc(Nc3ccc(N4CCN(C(=O)CCCCCSc5cccc6c5C(=O)N(C5CCC(=O)NC5=O)C6=O)CC4)cn3)nc2n1C1CCCC1. The molecule has 6 heterocycles. The number of anilines is 3. The van der Waals surface area contributed by atoms with E-state index >= 15 is 0 Å². The molecule has 0 spiro atoms. The Hall–Kier alpha value is -5.84. The molecule has 1 unspecified atom stereocenters. The molecule has 4 aliphatic rings. The van der Waals surface area contributed by atoms with Crippen LogP contribution in [-0.2, 0) is 14.4 Å². The van der Waals surface area contributed by atoms with E-state index in [-0.39, 0.29) is 36.3 Å². The predicted octanol–water partition coefficient (Wildman–Crippen LogP) is 4.79. The van der Waals surface area contributed by atoms with Gasteiger partial charge in [-0.3, -0.25) is 39.0 Å². The highest BCUT2D eigenvalue weighted by Crippen LogP contribution is 2.36. The number of imide groups is 2. The molecule has 17 heteroatoms. The van der Waals surface area contributed by atoms with E-state index in [0.717, 1.165) is 66.6 Å². The Labute approximate surface area is 346 Å². The first kappa shape index (κ1) is 40.0. The second kappa shape index (κ2) is 17.2. The van der Waals surface area contributed by atoms with Crippen LogP contribution in [0.5, 0.6) is 0 Å². The summed E-state index contributed by atoms with van der Waals surface area (Å²) in [5.74, 6) is -0.214. The van der Waals surface area contributed by atoms with Crippen molar-refractivity contribution in [2.24, 2.45) is 0 Å². The number of carbonyl (C=O) groups excluding carboxylic acids is 6. The zero-order valence-corrected chi connectivity index (χ0v) is 34.1. The smallest absolute Gasteiger partial charge is 0.270 e. The fraction of sp³-hybridized carbons (Fsp3) is 0.452. The van der Waals surface area contributed by atoms with Crippen LogP contribution in [0.3, 0.4) is 0 Å². The summed E-state index contributed by atoms with van der Waals surface area (Å²) in [6, 6.07) is 10.2. The highest BCUT2D eigenvalue weighted by molar-refractivity contribution is 7.99. The zero-order valence-electron chi connectivity index (χ0n) is 33.3. The van der Waals surface area contributed by atoms with Crippen molar-refractivity contribution in [2.45, 2.75) is 81.2 Å². The molecule has 16 nitrogen and oxygen atoms in total. The van der Waals surface area contributed by atoms with Crippen molar-refractivity contribution in [1.29, 1.82) is 0 Å². The van der Waals surface area contributed by atoms with E-state index in [0.29, 0.717) is 66.3 Å². The van der Waals surface area contributed by atoms with Gasteiger partial charge in [-0.15, -0.1) is 11.8 Å². The number of fused-ring (bicyclic) bond motifs is 2. The van der Waals surface area contributed by atoms with E-state index in [9.17, 15) is 28.8 Å². The number of hydrogen-bond acceptors (Lipinski definition) is 12. The minimum Gasteiger partial charge on any atom is -0.367 e. The summed E-state index contributed by atoms with van der Waals surface area (Å²) in [6.45, 7) is 2.66. The standard InChI is InChI=1S/C42H48N10O6S/c1-48(2)40(57)31-23-26-24-44-42(47-37(26)51(31)27-9-5-6-10-27)45-33-16-14-28(25-43-33)49-18-20-50(21-19-49)35(54)13-4-3-7-22-59-32-12-8-11-29-36(32)41(58)52(39(29)56)30-15-17-34(53)46-38(30)55/h8,11-12,14,16,23-25,27,30H,3-7,9-10,13,15,17-22H2,1-2H3,(H,46,53,55)(H,43,44,45,47). The highest BCUT2D eigenvalue weighted by atomic mass is 32.2. The molecule has 1 aromatic carbocycles. The lowest BCUT2D eigenvalue weighted by molar-refractivity contribution is -0.136. The molecule has 0 radical (unpaired) electrons. The van der Waals surface area contributed by atoms with Gasteiger partial charge in [-0.2, -0.15) is 4.98 Å². The third kappa shape index (κ3) is 8.25. The molecule has 3 aliphatic heterocycles. The molecule has 8 rings (SSSR count). The number of carbonyl (C=O) groups is 6. The molecule has 0 bridgehead atoms. The molecule has 4 aromatic rings. The average molecular weight is 821 g/mol. The number of pyridine rings is 1. The van der Waals surface area contributed by atoms with E-state index < -0.39 is 29.7 Å². The Balaban J connectivity index is 0.778. The maximum atomic E-state index is 13.4. The summed E-state index contributed by atoms with van der Waals surface area (Å²) in [4.78, 5) is 98.1. The molecule has 3 aromatic heterocycles. The number of nitrogens with zero attached hydrogens (tertiary/aromatic N) is 8. The molecule has 3 fully saturated rings. The zero-order chi connectivity index (χ0) is 41.2. The highest BCUT2D eigenvalue weighted by Gasteiger charge is 2.45. The van der Waals surface area contributed by atoms with Gasteiger partial charge in [0.25, 0.3) is 17.7 Å². The minimum atomic E-state index is -0.993. The Morgan fingerprint density at radius 1 is 0.915 bits per heavy atom. The van der Waals surface area contributed by atoms with Crippen LogP contribution in [0.25, 0.3) is 11.0 Å². The number of piperidine rings is 1. The summed E-state index contributed by atoms with van der Waals surface area (Å²) in [5.41, 5.74) is 2.94. The van der Waals surface area contributed by atoms with Gasteiger partial charge >= 0.3 is 0 Å². The number of aromatic nitrogens is 4. The topological polar surface area (TPSA) is 183 Å². The van der Waals surface area contributed by atoms with Gasteiger partial charge in [0.05, 0.1) is 23.0 Å². The Morgan fingerprint density at radius 2 is 1.71 bits per heavy atom. The number of unbranched alkanes of at least 4 members (excludes halogenated alkanes) is 2. The summed E-state index contributed by atoms with van der Waals surface area (Å²) in [5, 5.41) is 6.29. The van der Waals surface area contributed by atoms with Crippen LogP contribution in [0.4, 0.5) is 17.5 Å². The van der Waals surface area contributed by atoms with Crippen molar-refractivity contribution in [2.75, 3.05) is 56.2 Å². The third-order valence-corrected chi connectivity index (χ3v) is 12.7. The maximum Gasteiger partial charge on any atom is 0.270 e. The molecule has 59 heavy (non-hydrogen) atoms. The fourth-order valence-electron chi connectivity index (χ4n) is 8.47. The number of hydrogen-bond donors (Lipinski definition) is 2. The molecule has 1 aliphatic carbocycles. The van der Waals surface area contributed by atoms with Crippen LogP contribution in [0.2, 0.25) is 0 Å². The first-order valence-corrected chi connectivity index (χ1v) is 21.4. The summed E-state index contributed by atoms with van der Waals surface area (Å²) < 4.78 is 2.09. The van der Waals surface area contributed by atoms with Crippen molar-refractivity contribution >= 4 is 75.7 Å². The molecule has 2 N–H and O–H groups in total. The van der Waals surface area contributed by atoms with E-state index in [1.54, 1.807) is 37.3 Å². The van der Waals surface area contributed by atoms with Crippen LogP contribution >= 0.6 is 11.8 Å². The molecule has 308 valence electrons. The van der Waals surface area contributed by atoms with Crippen LogP contribution < -0.4 is 15.5 Å². The van der Waals surface area contributed by atoms with Crippen molar-refractivity contribution in [3.05, 3.63) is 65.6 Å². The maximum absolute atomic E-state index is 13.4. The van der Waals surface area contributed by atoms with Crippen LogP contribution in [0.1, 0.15) is 101 Å². The third-order valence-electron chi connectivity index (χ3n) is 11.6. The van der Waals surface area contributed by atoms with Gasteiger partial charge in [-0.25, -0.2) is 9.97 Å². The summed E-state index contributed by atoms with van der Waals surface area (Å²) in [7, 11) is 3.52. The lowest BCUT2D eigenvalue weighted by Crippen LogP contribution is -2.54. The van der Waals surface area contributed by atoms with Crippen LogP contribution in [0, 0.1) is 0 Å². The number of nitrogens with one attached hydrogen (secondary N) is 2. The first-order valence-electron chi connectivity index (χ1n) is 20.4. The average Bonchev–Trinajstić information content (AvgIpc) is 3.96. The van der Waals surface area contributed by atoms with Crippen molar-refractivity contribution in [1.82, 2.24) is 39.5 Å². The van der Waals surface area contributed by atoms with Crippen LogP contribution in [-0.4, -0.2) is 122 Å². The summed E-state index contributed by atoms with van der Waals surface area (Å²) >= 11 is 1.49. The fourth-order valence-corrected chi connectivity index (χ4v) is 9.55. The van der Waals surface area contributed by atoms with Gasteiger partial charge in [0.1, 0.15) is 23.2 Å². The summed E-state index contributed by atoms with van der Waals surface area (Å²) in [6.07, 6.45) is 11.0. The second-order valence-corrected chi connectivity index (χ2v) is 16.8. The Morgan fingerprint density at radius 3 is 2.44 bits per heavy atom. The van der Waals surface area contributed by atoms with Crippen molar-refractivity contribution < 1.29 is 28.8 Å². The Kier molecular flexibility index (Phi) is 11.6. The lowest BCUT2D eigenvalue weighted by Gasteiger charge is -2.36. The van der Waals surface area contributed by atoms with Gasteiger partial charge in [0.2, 0.25) is 23.7 Å². The number of thioether (sulfide) groups is 1. The molecule has 1 atom stereocenters. The molecular formula is C42H48N10O6S. The quantitative estimate of drug-likeness (QED) is 0.107. The number of piperazine rings is 1. The largest absolute Gasteiger partial charge is 0.367 e. The molecule has 6 amide bonds. The normalized spacial score (nSPS) is 18.5. The minimum absolute atomic E-state index is 0.0486. The second-order valence-electron chi connectivity index (χ2n) is 15.7. The first-order chi connectivity index (χ1) is 28.6. The number of amides is 6. The van der Waals surface area contributed by atoms with Gasteiger partial charge in [-0.05, 0) is 68.2 Å². The van der Waals surface area contributed by atoms with E-state index in [1.165, 1.54) is 11.8 Å². The van der Waals surface area contributed by atoms with Gasteiger partial charge in [0.15, 0.2) is 0 Å². The lowest BCUT2D eigenvalue weighted by atomic mass is 10.0. The van der Waals surface area contributed by atoms with E-state index in [4.69, 9.17) is 4.98 Å². The monoisotopic (exact) mass is 820 g/mol. The molecule has 1 saturated carbocycles. The number of benzene rings is 1. The van der Waals surface area contributed by atoms with Gasteiger partial charge in [0, 0.05) is 75.6 Å². The number of rotatable bonds is 13. The van der Waals surface area contributed by atoms with E-state index in [2.05, 4.69) is 30.1 Å². The van der Waals surface area contributed by atoms with Gasteiger partial charge in [-0.1, -0.05) is 25.3 Å². The van der Waals surface area contributed by atoms with Gasteiger partial charge < -0.3 is 24.6 Å². The van der Waals surface area contributed by atoms with E-state index in [1.807, 2.05) is 35.4 Å². The van der Waals surface area contributed by atoms with Crippen LogP contribution in [0.15, 0.2) is 53.7 Å².